The van der Waals surface area contributed by atoms with Crippen molar-refractivity contribution in [2.75, 3.05) is 18.8 Å². The van der Waals surface area contributed by atoms with Gasteiger partial charge in [0.2, 0.25) is 0 Å². The van der Waals surface area contributed by atoms with Crippen molar-refractivity contribution in [3.8, 4) is 0 Å². The first kappa shape index (κ1) is 12.0. The molecular formula is C14H20N2O. The molecule has 1 saturated heterocycles. The number of carbonyl (C=O) groups excluding carboxylic acids is 1. The van der Waals surface area contributed by atoms with Crippen molar-refractivity contribution < 1.29 is 4.79 Å². The molecule has 1 aliphatic rings. The van der Waals surface area contributed by atoms with E-state index in [0.29, 0.717) is 11.6 Å². The summed E-state index contributed by atoms with van der Waals surface area (Å²) >= 11 is 0. The number of likely N-dealkylation sites (tertiary alicyclic amines) is 1. The molecule has 1 aromatic rings. The second-order valence-electron chi connectivity index (χ2n) is 5.07. The summed E-state index contributed by atoms with van der Waals surface area (Å²) in [5, 5.41) is 0. The van der Waals surface area contributed by atoms with Crippen LogP contribution < -0.4 is 5.73 Å². The molecule has 92 valence electrons. The molecule has 3 heteroatoms. The van der Waals surface area contributed by atoms with Crippen molar-refractivity contribution in [2.45, 2.75) is 26.7 Å². The van der Waals surface area contributed by atoms with Gasteiger partial charge in [0.25, 0.3) is 5.91 Å². The molecule has 1 aliphatic heterocycles. The Bertz CT molecular complexity index is 428. The minimum Gasteiger partial charge on any atom is -0.399 e. The van der Waals surface area contributed by atoms with Gasteiger partial charge in [0.15, 0.2) is 0 Å². The lowest BCUT2D eigenvalue weighted by Gasteiger charge is -2.31. The smallest absolute Gasteiger partial charge is 0.254 e. The number of nitrogen functional groups attached to an aromatic ring is 1. The Kier molecular flexibility index (Phi) is 3.36. The van der Waals surface area contributed by atoms with Gasteiger partial charge in [-0.3, -0.25) is 4.79 Å². The first-order chi connectivity index (χ1) is 8.08. The van der Waals surface area contributed by atoms with Gasteiger partial charge < -0.3 is 10.6 Å². The fourth-order valence-corrected chi connectivity index (χ4v) is 2.47. The Hall–Kier alpha value is -1.51. The van der Waals surface area contributed by atoms with Crippen molar-refractivity contribution in [3.63, 3.8) is 0 Å². The van der Waals surface area contributed by atoms with Crippen LogP contribution in [-0.2, 0) is 0 Å². The molecule has 1 unspecified atom stereocenters. The molecule has 0 radical (unpaired) electrons. The zero-order valence-electron chi connectivity index (χ0n) is 10.6. The van der Waals surface area contributed by atoms with Gasteiger partial charge in [0, 0.05) is 24.3 Å². The number of piperidine rings is 1. The number of hydrogen-bond donors (Lipinski definition) is 1. The highest BCUT2D eigenvalue weighted by molar-refractivity contribution is 5.96. The van der Waals surface area contributed by atoms with E-state index in [1.165, 1.54) is 6.42 Å². The average Bonchev–Trinajstić information content (AvgIpc) is 2.28. The minimum absolute atomic E-state index is 0.147. The monoisotopic (exact) mass is 232 g/mol. The quantitative estimate of drug-likeness (QED) is 0.756. The van der Waals surface area contributed by atoms with Crippen LogP contribution in [0.5, 0.6) is 0 Å². The van der Waals surface area contributed by atoms with Crippen LogP contribution in [0.1, 0.15) is 35.7 Å². The zero-order valence-corrected chi connectivity index (χ0v) is 10.6. The number of carbonyl (C=O) groups is 1. The van der Waals surface area contributed by atoms with Crippen LogP contribution in [0.2, 0.25) is 0 Å². The van der Waals surface area contributed by atoms with Gasteiger partial charge in [-0.25, -0.2) is 0 Å². The van der Waals surface area contributed by atoms with Crippen LogP contribution in [0.25, 0.3) is 0 Å². The molecule has 1 amide bonds. The van der Waals surface area contributed by atoms with Crippen molar-refractivity contribution in [1.82, 2.24) is 4.90 Å². The van der Waals surface area contributed by atoms with E-state index < -0.39 is 0 Å². The van der Waals surface area contributed by atoms with Crippen molar-refractivity contribution in [2.24, 2.45) is 5.92 Å². The fraction of sp³-hybridized carbons (Fsp3) is 0.500. The van der Waals surface area contributed by atoms with E-state index in [-0.39, 0.29) is 5.91 Å². The number of hydrogen-bond acceptors (Lipinski definition) is 2. The lowest BCUT2D eigenvalue weighted by molar-refractivity contribution is 0.0682. The van der Waals surface area contributed by atoms with Crippen molar-refractivity contribution in [3.05, 3.63) is 29.3 Å². The highest BCUT2D eigenvalue weighted by Gasteiger charge is 2.22. The van der Waals surface area contributed by atoms with Crippen LogP contribution in [0.15, 0.2) is 18.2 Å². The first-order valence-corrected chi connectivity index (χ1v) is 6.23. The molecule has 2 N–H and O–H groups in total. The topological polar surface area (TPSA) is 46.3 Å². The summed E-state index contributed by atoms with van der Waals surface area (Å²) in [5.41, 5.74) is 8.17. The van der Waals surface area contributed by atoms with E-state index in [1.54, 1.807) is 6.07 Å². The minimum atomic E-state index is 0.147. The van der Waals surface area contributed by atoms with E-state index in [4.69, 9.17) is 5.73 Å². The highest BCUT2D eigenvalue weighted by atomic mass is 16.2. The third-order valence-electron chi connectivity index (χ3n) is 3.43. The number of benzene rings is 1. The molecule has 0 spiro atoms. The number of rotatable bonds is 1. The molecule has 0 aromatic heterocycles. The largest absolute Gasteiger partial charge is 0.399 e. The molecule has 1 atom stereocenters. The summed E-state index contributed by atoms with van der Waals surface area (Å²) in [4.78, 5) is 14.3. The molecule has 1 heterocycles. The summed E-state index contributed by atoms with van der Waals surface area (Å²) in [6.07, 6.45) is 2.34. The predicted octanol–water partition coefficient (Wildman–Crippen LogP) is 2.45. The van der Waals surface area contributed by atoms with Gasteiger partial charge in [0.05, 0.1) is 0 Å². The lowest BCUT2D eigenvalue weighted by Crippen LogP contribution is -2.39. The third-order valence-corrected chi connectivity index (χ3v) is 3.43. The van der Waals surface area contributed by atoms with Crippen molar-refractivity contribution >= 4 is 11.6 Å². The van der Waals surface area contributed by atoms with Gasteiger partial charge in [-0.2, -0.15) is 0 Å². The van der Waals surface area contributed by atoms with Crippen LogP contribution in [0, 0.1) is 12.8 Å². The molecule has 0 saturated carbocycles. The molecule has 2 rings (SSSR count). The van der Waals surface area contributed by atoms with Crippen LogP contribution in [-0.4, -0.2) is 23.9 Å². The average molecular weight is 232 g/mol. The Morgan fingerprint density at radius 2 is 2.24 bits per heavy atom. The molecule has 1 aromatic carbocycles. The van der Waals surface area contributed by atoms with Crippen molar-refractivity contribution in [1.29, 1.82) is 0 Å². The van der Waals surface area contributed by atoms with E-state index in [0.717, 1.165) is 30.6 Å². The van der Waals surface area contributed by atoms with E-state index in [1.807, 2.05) is 24.0 Å². The van der Waals surface area contributed by atoms with Gasteiger partial charge in [-0.1, -0.05) is 6.92 Å². The molecule has 17 heavy (non-hydrogen) atoms. The Morgan fingerprint density at radius 1 is 1.47 bits per heavy atom. The highest BCUT2D eigenvalue weighted by Crippen LogP contribution is 2.20. The summed E-state index contributed by atoms with van der Waals surface area (Å²) < 4.78 is 0. The Balaban J connectivity index is 2.18. The number of aryl methyl sites for hydroxylation is 1. The van der Waals surface area contributed by atoms with E-state index >= 15 is 0 Å². The second-order valence-corrected chi connectivity index (χ2v) is 5.07. The number of anilines is 1. The van der Waals surface area contributed by atoms with Gasteiger partial charge in [-0.15, -0.1) is 0 Å². The SMILES string of the molecule is Cc1cc(N)ccc1C(=O)N1CCCC(C)C1. The maximum absolute atomic E-state index is 12.4. The number of nitrogens with zero attached hydrogens (tertiary/aromatic N) is 1. The number of nitrogens with two attached hydrogens (primary N) is 1. The third kappa shape index (κ3) is 2.60. The summed E-state index contributed by atoms with van der Waals surface area (Å²) in [6.45, 7) is 5.90. The number of amides is 1. The standard InChI is InChI=1S/C14H20N2O/c1-10-4-3-7-16(9-10)14(17)13-6-5-12(15)8-11(13)2/h5-6,8,10H,3-4,7,9,15H2,1-2H3. The zero-order chi connectivity index (χ0) is 12.4. The maximum Gasteiger partial charge on any atom is 0.254 e. The van der Waals surface area contributed by atoms with Gasteiger partial charge in [-0.05, 0) is 49.4 Å². The van der Waals surface area contributed by atoms with Gasteiger partial charge >= 0.3 is 0 Å². The molecule has 3 nitrogen and oxygen atoms in total. The van der Waals surface area contributed by atoms with Crippen LogP contribution in [0.3, 0.4) is 0 Å². The van der Waals surface area contributed by atoms with Crippen LogP contribution >= 0.6 is 0 Å². The van der Waals surface area contributed by atoms with Gasteiger partial charge in [0.1, 0.15) is 0 Å². The molecule has 0 aliphatic carbocycles. The Labute approximate surface area is 103 Å². The fourth-order valence-electron chi connectivity index (χ4n) is 2.47. The maximum atomic E-state index is 12.4. The molecule has 0 bridgehead atoms. The first-order valence-electron chi connectivity index (χ1n) is 6.23. The second kappa shape index (κ2) is 4.78. The molecule has 1 fully saturated rings. The summed E-state index contributed by atoms with van der Waals surface area (Å²) in [6, 6.07) is 5.50. The predicted molar refractivity (Wildman–Crippen MR) is 69.9 cm³/mol. The van der Waals surface area contributed by atoms with E-state index in [9.17, 15) is 4.79 Å². The summed E-state index contributed by atoms with van der Waals surface area (Å²) in [7, 11) is 0. The van der Waals surface area contributed by atoms with Crippen LogP contribution in [0.4, 0.5) is 5.69 Å². The Morgan fingerprint density at radius 3 is 2.88 bits per heavy atom. The summed E-state index contributed by atoms with van der Waals surface area (Å²) in [5.74, 6) is 0.760. The van der Waals surface area contributed by atoms with E-state index in [2.05, 4.69) is 6.92 Å². The normalized spacial score (nSPS) is 20.4. The lowest BCUT2D eigenvalue weighted by atomic mass is 9.98. The molecular weight excluding hydrogens is 212 g/mol.